The zero-order valence-corrected chi connectivity index (χ0v) is 13.2. The van der Waals surface area contributed by atoms with Gasteiger partial charge in [-0.05, 0) is 30.4 Å². The molecule has 2 heterocycles. The highest BCUT2D eigenvalue weighted by molar-refractivity contribution is 6.10. The summed E-state index contributed by atoms with van der Waals surface area (Å²) in [7, 11) is 0. The van der Waals surface area contributed by atoms with Gasteiger partial charge in [0.2, 0.25) is 11.8 Å². The maximum absolute atomic E-state index is 12.7. The Kier molecular flexibility index (Phi) is 4.16. The number of hydrogen-bond acceptors (Lipinski definition) is 3. The van der Waals surface area contributed by atoms with Crippen molar-refractivity contribution in [1.82, 2.24) is 4.90 Å². The van der Waals surface area contributed by atoms with Gasteiger partial charge >= 0.3 is 0 Å². The van der Waals surface area contributed by atoms with E-state index in [9.17, 15) is 9.59 Å². The van der Waals surface area contributed by atoms with Crippen LogP contribution in [0.5, 0.6) is 0 Å². The third-order valence-electron chi connectivity index (χ3n) is 4.38. The molecule has 1 saturated heterocycles. The minimum Gasteiger partial charge on any atom is -0.323 e. The first kappa shape index (κ1) is 15.0. The number of carbonyl (C=O) groups excluding carboxylic acids is 2. The Morgan fingerprint density at radius 2 is 1.91 bits per heavy atom. The first-order chi connectivity index (χ1) is 10.5. The van der Waals surface area contributed by atoms with Gasteiger partial charge in [0.15, 0.2) is 0 Å². The minimum absolute atomic E-state index is 0.00333. The van der Waals surface area contributed by atoms with E-state index in [-0.39, 0.29) is 18.4 Å². The van der Waals surface area contributed by atoms with Crippen LogP contribution < -0.4 is 10.2 Å². The average Bonchev–Trinajstić information content (AvgIpc) is 2.45. The molecule has 0 aliphatic carbocycles. The summed E-state index contributed by atoms with van der Waals surface area (Å²) in [4.78, 5) is 28.3. The lowest BCUT2D eigenvalue weighted by Crippen LogP contribution is -2.49. The lowest BCUT2D eigenvalue weighted by atomic mass is 9.92. The van der Waals surface area contributed by atoms with E-state index in [0.29, 0.717) is 24.1 Å². The van der Waals surface area contributed by atoms with E-state index in [2.05, 4.69) is 24.1 Å². The summed E-state index contributed by atoms with van der Waals surface area (Å²) in [5.74, 6) is 1.11. The van der Waals surface area contributed by atoms with Gasteiger partial charge < -0.3 is 5.32 Å². The van der Waals surface area contributed by atoms with E-state index in [1.807, 2.05) is 24.3 Å². The van der Waals surface area contributed by atoms with Crippen molar-refractivity contribution in [2.24, 2.45) is 11.8 Å². The number of amides is 2. The SMILES string of the molecule is C[C@@H]1C[C@H](C)CN(CC(=O)N2CC(=O)Nc3ccccc32)C1. The summed E-state index contributed by atoms with van der Waals surface area (Å²) in [5, 5.41) is 2.82. The summed E-state index contributed by atoms with van der Waals surface area (Å²) in [6.07, 6.45) is 1.22. The molecule has 2 aliphatic rings. The number of nitrogens with one attached hydrogen (secondary N) is 1. The second kappa shape index (κ2) is 6.08. The van der Waals surface area contributed by atoms with Gasteiger partial charge in [0.1, 0.15) is 6.54 Å². The van der Waals surface area contributed by atoms with Gasteiger partial charge in [0.25, 0.3) is 0 Å². The van der Waals surface area contributed by atoms with Crippen LogP contribution >= 0.6 is 0 Å². The van der Waals surface area contributed by atoms with Crippen molar-refractivity contribution in [2.75, 3.05) is 36.4 Å². The number of para-hydroxylation sites is 2. The number of anilines is 2. The van der Waals surface area contributed by atoms with E-state index in [1.165, 1.54) is 6.42 Å². The van der Waals surface area contributed by atoms with Gasteiger partial charge in [-0.15, -0.1) is 0 Å². The van der Waals surface area contributed by atoms with Crippen molar-refractivity contribution >= 4 is 23.2 Å². The number of carbonyl (C=O) groups is 2. The number of likely N-dealkylation sites (tertiary alicyclic amines) is 1. The summed E-state index contributed by atoms with van der Waals surface area (Å²) in [6, 6.07) is 7.47. The third-order valence-corrected chi connectivity index (χ3v) is 4.38. The Balaban J connectivity index is 1.74. The number of nitrogens with zero attached hydrogens (tertiary/aromatic N) is 2. The van der Waals surface area contributed by atoms with Gasteiger partial charge in [-0.1, -0.05) is 26.0 Å². The molecule has 1 aromatic rings. The molecule has 0 unspecified atom stereocenters. The summed E-state index contributed by atoms with van der Waals surface area (Å²) >= 11 is 0. The van der Waals surface area contributed by atoms with Gasteiger partial charge in [0, 0.05) is 13.1 Å². The van der Waals surface area contributed by atoms with Crippen LogP contribution in [0.2, 0.25) is 0 Å². The summed E-state index contributed by atoms with van der Waals surface area (Å²) in [6.45, 7) is 6.87. The molecular weight excluding hydrogens is 278 g/mol. The molecule has 0 radical (unpaired) electrons. The Hall–Kier alpha value is -1.88. The lowest BCUT2D eigenvalue weighted by Gasteiger charge is -2.36. The maximum Gasteiger partial charge on any atom is 0.244 e. The van der Waals surface area contributed by atoms with E-state index in [4.69, 9.17) is 0 Å². The first-order valence-corrected chi connectivity index (χ1v) is 7.94. The molecule has 2 aliphatic heterocycles. The van der Waals surface area contributed by atoms with E-state index >= 15 is 0 Å². The largest absolute Gasteiger partial charge is 0.323 e. The van der Waals surface area contributed by atoms with Crippen molar-refractivity contribution in [3.05, 3.63) is 24.3 Å². The van der Waals surface area contributed by atoms with Crippen molar-refractivity contribution in [3.63, 3.8) is 0 Å². The molecule has 1 fully saturated rings. The van der Waals surface area contributed by atoms with Gasteiger partial charge in [-0.2, -0.15) is 0 Å². The molecule has 2 atom stereocenters. The van der Waals surface area contributed by atoms with Crippen LogP contribution in [0.3, 0.4) is 0 Å². The predicted molar refractivity (Wildman–Crippen MR) is 86.8 cm³/mol. The quantitative estimate of drug-likeness (QED) is 0.908. The normalized spacial score (nSPS) is 25.5. The van der Waals surface area contributed by atoms with E-state index in [1.54, 1.807) is 4.90 Å². The molecule has 1 N–H and O–H groups in total. The highest BCUT2D eigenvalue weighted by Crippen LogP contribution is 2.29. The predicted octanol–water partition coefficient (Wildman–Crippen LogP) is 1.95. The summed E-state index contributed by atoms with van der Waals surface area (Å²) in [5.41, 5.74) is 1.51. The minimum atomic E-state index is -0.132. The smallest absolute Gasteiger partial charge is 0.244 e. The number of hydrogen-bond donors (Lipinski definition) is 1. The van der Waals surface area contributed by atoms with Crippen molar-refractivity contribution in [3.8, 4) is 0 Å². The molecule has 1 aromatic carbocycles. The van der Waals surface area contributed by atoms with Crippen molar-refractivity contribution in [1.29, 1.82) is 0 Å². The van der Waals surface area contributed by atoms with Crippen LogP contribution in [0, 0.1) is 11.8 Å². The Labute approximate surface area is 131 Å². The van der Waals surface area contributed by atoms with Crippen LogP contribution in [-0.4, -0.2) is 42.9 Å². The van der Waals surface area contributed by atoms with Crippen LogP contribution in [0.4, 0.5) is 11.4 Å². The van der Waals surface area contributed by atoms with Crippen molar-refractivity contribution in [2.45, 2.75) is 20.3 Å². The highest BCUT2D eigenvalue weighted by atomic mass is 16.2. The molecule has 2 amide bonds. The van der Waals surface area contributed by atoms with Crippen LogP contribution in [0.15, 0.2) is 24.3 Å². The second-order valence-electron chi connectivity index (χ2n) is 6.69. The number of rotatable bonds is 2. The Bertz CT molecular complexity index is 577. The molecule has 118 valence electrons. The topological polar surface area (TPSA) is 52.7 Å². The molecule has 0 aromatic heterocycles. The van der Waals surface area contributed by atoms with E-state index < -0.39 is 0 Å². The molecule has 0 spiro atoms. The zero-order chi connectivity index (χ0) is 15.7. The number of fused-ring (bicyclic) bond motifs is 1. The Morgan fingerprint density at radius 3 is 2.64 bits per heavy atom. The standard InChI is InChI=1S/C17H23N3O2/c1-12-7-13(2)9-19(8-12)11-17(22)20-10-16(21)18-14-5-3-4-6-15(14)20/h3-6,12-13H,7-11H2,1-2H3,(H,18,21)/t12-,13+. The molecule has 5 heteroatoms. The van der Waals surface area contributed by atoms with E-state index in [0.717, 1.165) is 18.8 Å². The second-order valence-corrected chi connectivity index (χ2v) is 6.69. The molecular formula is C17H23N3O2. The molecule has 3 rings (SSSR count). The fraction of sp³-hybridized carbons (Fsp3) is 0.529. The molecule has 0 saturated carbocycles. The van der Waals surface area contributed by atoms with Crippen LogP contribution in [-0.2, 0) is 9.59 Å². The fourth-order valence-electron chi connectivity index (χ4n) is 3.65. The van der Waals surface area contributed by atoms with Crippen LogP contribution in [0.1, 0.15) is 20.3 Å². The number of piperidine rings is 1. The third kappa shape index (κ3) is 3.14. The van der Waals surface area contributed by atoms with Crippen LogP contribution in [0.25, 0.3) is 0 Å². The van der Waals surface area contributed by atoms with Gasteiger partial charge in [-0.3, -0.25) is 19.4 Å². The fourth-order valence-corrected chi connectivity index (χ4v) is 3.65. The molecule has 22 heavy (non-hydrogen) atoms. The number of benzene rings is 1. The molecule has 0 bridgehead atoms. The van der Waals surface area contributed by atoms with Gasteiger partial charge in [-0.25, -0.2) is 0 Å². The van der Waals surface area contributed by atoms with Gasteiger partial charge in [0.05, 0.1) is 17.9 Å². The molecule has 5 nitrogen and oxygen atoms in total. The Morgan fingerprint density at radius 1 is 1.23 bits per heavy atom. The zero-order valence-electron chi connectivity index (χ0n) is 13.2. The average molecular weight is 301 g/mol. The first-order valence-electron chi connectivity index (χ1n) is 7.94. The lowest BCUT2D eigenvalue weighted by molar-refractivity contribution is -0.123. The monoisotopic (exact) mass is 301 g/mol. The van der Waals surface area contributed by atoms with Crippen molar-refractivity contribution < 1.29 is 9.59 Å². The summed E-state index contributed by atoms with van der Waals surface area (Å²) < 4.78 is 0. The maximum atomic E-state index is 12.7. The highest BCUT2D eigenvalue weighted by Gasteiger charge is 2.29.